The van der Waals surface area contributed by atoms with E-state index < -0.39 is 0 Å². The number of hydrogen-bond donors (Lipinski definition) is 1. The largest absolute Gasteiger partial charge is 0.373 e. The molecule has 0 radical (unpaired) electrons. The van der Waals surface area contributed by atoms with Gasteiger partial charge in [0.2, 0.25) is 0 Å². The molecule has 1 amide bonds. The van der Waals surface area contributed by atoms with Gasteiger partial charge in [-0.1, -0.05) is 29.8 Å². The SMILES string of the molecule is CNc1cc(C(=O)N(C)Cc2ccc(C)cc2)ccn1. The van der Waals surface area contributed by atoms with E-state index in [4.69, 9.17) is 0 Å². The monoisotopic (exact) mass is 269 g/mol. The number of nitrogens with one attached hydrogen (secondary N) is 1. The molecule has 2 rings (SSSR count). The first kappa shape index (κ1) is 14.1. The Balaban J connectivity index is 2.09. The zero-order valence-electron chi connectivity index (χ0n) is 12.1. The minimum atomic E-state index is -0.00975. The number of nitrogens with zero attached hydrogens (tertiary/aromatic N) is 2. The molecule has 4 heteroatoms. The van der Waals surface area contributed by atoms with Gasteiger partial charge in [-0.3, -0.25) is 4.79 Å². The Morgan fingerprint density at radius 1 is 1.25 bits per heavy atom. The molecule has 0 saturated heterocycles. The number of carbonyl (C=O) groups excluding carboxylic acids is 1. The second-order valence-electron chi connectivity index (χ2n) is 4.83. The molecule has 1 heterocycles. The third-order valence-electron chi connectivity index (χ3n) is 3.15. The van der Waals surface area contributed by atoms with Gasteiger partial charge in [0.1, 0.15) is 5.82 Å². The minimum Gasteiger partial charge on any atom is -0.373 e. The van der Waals surface area contributed by atoms with Crippen LogP contribution in [0.3, 0.4) is 0 Å². The molecule has 1 aromatic carbocycles. The van der Waals surface area contributed by atoms with Gasteiger partial charge >= 0.3 is 0 Å². The molecule has 1 aromatic heterocycles. The third kappa shape index (κ3) is 3.35. The summed E-state index contributed by atoms with van der Waals surface area (Å²) < 4.78 is 0. The van der Waals surface area contributed by atoms with Crippen molar-refractivity contribution < 1.29 is 4.79 Å². The number of aryl methyl sites for hydroxylation is 1. The maximum Gasteiger partial charge on any atom is 0.254 e. The topological polar surface area (TPSA) is 45.2 Å². The van der Waals surface area contributed by atoms with Crippen LogP contribution in [-0.2, 0) is 6.54 Å². The molecule has 0 aliphatic heterocycles. The number of pyridine rings is 1. The fraction of sp³-hybridized carbons (Fsp3) is 0.250. The Morgan fingerprint density at radius 2 is 1.95 bits per heavy atom. The standard InChI is InChI=1S/C16H19N3O/c1-12-4-6-13(7-5-12)11-19(3)16(20)14-8-9-18-15(10-14)17-2/h4-10H,11H2,1-3H3,(H,17,18). The zero-order chi connectivity index (χ0) is 14.5. The van der Waals surface area contributed by atoms with Crippen LogP contribution < -0.4 is 5.32 Å². The summed E-state index contributed by atoms with van der Waals surface area (Å²) in [5, 5.41) is 2.94. The molecule has 0 aliphatic carbocycles. The maximum absolute atomic E-state index is 12.4. The summed E-state index contributed by atoms with van der Waals surface area (Å²) in [4.78, 5) is 18.2. The summed E-state index contributed by atoms with van der Waals surface area (Å²) >= 11 is 0. The van der Waals surface area contributed by atoms with Gasteiger partial charge in [0, 0.05) is 32.4 Å². The molecule has 20 heavy (non-hydrogen) atoms. The highest BCUT2D eigenvalue weighted by molar-refractivity contribution is 5.94. The van der Waals surface area contributed by atoms with Crippen LogP contribution in [0, 0.1) is 6.92 Å². The highest BCUT2D eigenvalue weighted by atomic mass is 16.2. The molecule has 0 bridgehead atoms. The lowest BCUT2D eigenvalue weighted by molar-refractivity contribution is 0.0785. The molecule has 0 aliphatic rings. The Kier molecular flexibility index (Phi) is 4.35. The minimum absolute atomic E-state index is 0.00975. The third-order valence-corrected chi connectivity index (χ3v) is 3.15. The van der Waals surface area contributed by atoms with Crippen molar-refractivity contribution >= 4 is 11.7 Å². The van der Waals surface area contributed by atoms with Gasteiger partial charge in [-0.15, -0.1) is 0 Å². The van der Waals surface area contributed by atoms with Crippen LogP contribution in [0.15, 0.2) is 42.6 Å². The van der Waals surface area contributed by atoms with Crippen molar-refractivity contribution in [1.82, 2.24) is 9.88 Å². The highest BCUT2D eigenvalue weighted by Crippen LogP contribution is 2.11. The van der Waals surface area contributed by atoms with Gasteiger partial charge in [0.15, 0.2) is 0 Å². The van der Waals surface area contributed by atoms with Crippen molar-refractivity contribution in [3.05, 3.63) is 59.3 Å². The van der Waals surface area contributed by atoms with Crippen LogP contribution in [0.4, 0.5) is 5.82 Å². The van der Waals surface area contributed by atoms with Crippen molar-refractivity contribution in [2.24, 2.45) is 0 Å². The molecule has 2 aromatic rings. The Hall–Kier alpha value is -2.36. The lowest BCUT2D eigenvalue weighted by Crippen LogP contribution is -2.26. The van der Waals surface area contributed by atoms with Gasteiger partial charge in [0.25, 0.3) is 5.91 Å². The van der Waals surface area contributed by atoms with E-state index in [1.165, 1.54) is 5.56 Å². The molecule has 0 fully saturated rings. The lowest BCUT2D eigenvalue weighted by Gasteiger charge is -2.17. The molecule has 1 N–H and O–H groups in total. The average Bonchev–Trinajstić information content (AvgIpc) is 2.48. The van der Waals surface area contributed by atoms with Crippen molar-refractivity contribution in [3.63, 3.8) is 0 Å². The molecular formula is C16H19N3O. The molecule has 0 saturated carbocycles. The van der Waals surface area contributed by atoms with E-state index in [0.29, 0.717) is 17.9 Å². The van der Waals surface area contributed by atoms with E-state index in [2.05, 4.69) is 29.4 Å². The second kappa shape index (κ2) is 6.19. The summed E-state index contributed by atoms with van der Waals surface area (Å²) in [7, 11) is 3.59. The lowest BCUT2D eigenvalue weighted by atomic mass is 10.1. The van der Waals surface area contributed by atoms with Crippen LogP contribution in [0.5, 0.6) is 0 Å². The number of carbonyl (C=O) groups is 1. The summed E-state index contributed by atoms with van der Waals surface area (Å²) in [6.07, 6.45) is 1.64. The molecule has 0 unspecified atom stereocenters. The molecule has 104 valence electrons. The van der Waals surface area contributed by atoms with E-state index >= 15 is 0 Å². The normalized spacial score (nSPS) is 10.2. The Morgan fingerprint density at radius 3 is 2.60 bits per heavy atom. The van der Waals surface area contributed by atoms with E-state index in [1.54, 1.807) is 30.3 Å². The van der Waals surface area contributed by atoms with Gasteiger partial charge in [0.05, 0.1) is 0 Å². The van der Waals surface area contributed by atoms with Crippen LogP contribution in [0.25, 0.3) is 0 Å². The first-order valence-corrected chi connectivity index (χ1v) is 6.55. The molecule has 0 spiro atoms. The average molecular weight is 269 g/mol. The smallest absolute Gasteiger partial charge is 0.254 e. The van der Waals surface area contributed by atoms with Gasteiger partial charge < -0.3 is 10.2 Å². The highest BCUT2D eigenvalue weighted by Gasteiger charge is 2.12. The summed E-state index contributed by atoms with van der Waals surface area (Å²) in [5.41, 5.74) is 2.98. The number of benzene rings is 1. The fourth-order valence-corrected chi connectivity index (χ4v) is 1.96. The van der Waals surface area contributed by atoms with Crippen LogP contribution in [0.2, 0.25) is 0 Å². The van der Waals surface area contributed by atoms with Crippen molar-refractivity contribution in [2.75, 3.05) is 19.4 Å². The first-order chi connectivity index (χ1) is 9.60. The predicted molar refractivity (Wildman–Crippen MR) is 80.8 cm³/mol. The van der Waals surface area contributed by atoms with Crippen molar-refractivity contribution in [3.8, 4) is 0 Å². The quantitative estimate of drug-likeness (QED) is 0.928. The fourth-order valence-electron chi connectivity index (χ4n) is 1.96. The van der Waals surface area contributed by atoms with Crippen molar-refractivity contribution in [1.29, 1.82) is 0 Å². The van der Waals surface area contributed by atoms with Gasteiger partial charge in [-0.05, 0) is 24.6 Å². The zero-order valence-corrected chi connectivity index (χ0v) is 12.1. The number of hydrogen-bond acceptors (Lipinski definition) is 3. The number of aromatic nitrogens is 1. The van der Waals surface area contributed by atoms with E-state index in [9.17, 15) is 4.79 Å². The summed E-state index contributed by atoms with van der Waals surface area (Å²) in [6.45, 7) is 2.64. The van der Waals surface area contributed by atoms with Crippen LogP contribution >= 0.6 is 0 Å². The summed E-state index contributed by atoms with van der Waals surface area (Å²) in [6, 6.07) is 11.7. The number of anilines is 1. The van der Waals surface area contributed by atoms with E-state index in [0.717, 1.165) is 5.56 Å². The Bertz CT molecular complexity index is 593. The molecule has 4 nitrogen and oxygen atoms in total. The maximum atomic E-state index is 12.4. The number of amides is 1. The summed E-state index contributed by atoms with van der Waals surface area (Å²) in [5.74, 6) is 0.684. The molecular weight excluding hydrogens is 250 g/mol. The van der Waals surface area contributed by atoms with Crippen molar-refractivity contribution in [2.45, 2.75) is 13.5 Å². The second-order valence-corrected chi connectivity index (χ2v) is 4.83. The molecule has 0 atom stereocenters. The number of rotatable bonds is 4. The van der Waals surface area contributed by atoms with Gasteiger partial charge in [-0.25, -0.2) is 4.98 Å². The van der Waals surface area contributed by atoms with Crippen LogP contribution in [-0.4, -0.2) is 29.9 Å². The Labute approximate surface area is 119 Å². The predicted octanol–water partition coefficient (Wildman–Crippen LogP) is 2.70. The van der Waals surface area contributed by atoms with Gasteiger partial charge in [-0.2, -0.15) is 0 Å². The first-order valence-electron chi connectivity index (χ1n) is 6.55. The van der Waals surface area contributed by atoms with E-state index in [-0.39, 0.29) is 5.91 Å². The van der Waals surface area contributed by atoms with E-state index in [1.807, 2.05) is 19.2 Å². The van der Waals surface area contributed by atoms with Crippen LogP contribution in [0.1, 0.15) is 21.5 Å².